The zero-order valence-electron chi connectivity index (χ0n) is 14.5. The number of piperidine rings is 1. The zero-order valence-corrected chi connectivity index (χ0v) is 14.5. The number of hydrogen-bond acceptors (Lipinski definition) is 3. The summed E-state index contributed by atoms with van der Waals surface area (Å²) in [4.78, 5) is 27.1. The number of ether oxygens (including phenoxy) is 1. The van der Waals surface area contributed by atoms with Crippen LogP contribution in [0.1, 0.15) is 23.2 Å². The highest BCUT2D eigenvalue weighted by molar-refractivity contribution is 6.07. The van der Waals surface area contributed by atoms with E-state index in [1.807, 2.05) is 47.4 Å². The first-order valence-corrected chi connectivity index (χ1v) is 8.74. The van der Waals surface area contributed by atoms with Crippen LogP contribution in [0.2, 0.25) is 0 Å². The number of rotatable bonds is 5. The Bertz CT molecular complexity index is 754. The third-order valence-electron chi connectivity index (χ3n) is 4.70. The number of hydrogen-bond donors (Lipinski definition) is 1. The topological polar surface area (TPSA) is 58.6 Å². The van der Waals surface area contributed by atoms with Crippen molar-refractivity contribution in [2.24, 2.45) is 5.92 Å². The first-order chi connectivity index (χ1) is 12.2. The Morgan fingerprint density at radius 1 is 1.20 bits per heavy atom. The van der Waals surface area contributed by atoms with Gasteiger partial charge in [-0.25, -0.2) is 0 Å². The summed E-state index contributed by atoms with van der Waals surface area (Å²) in [5.74, 6) is -0.136. The molecule has 0 bridgehead atoms. The van der Waals surface area contributed by atoms with Crippen LogP contribution in [0.15, 0.2) is 42.5 Å². The molecule has 2 aromatic carbocycles. The van der Waals surface area contributed by atoms with E-state index in [9.17, 15) is 9.59 Å². The van der Waals surface area contributed by atoms with Crippen LogP contribution in [0.25, 0.3) is 10.8 Å². The second kappa shape index (κ2) is 8.12. The van der Waals surface area contributed by atoms with E-state index in [0.29, 0.717) is 31.8 Å². The molecular formula is C20H24N2O3. The Hall–Kier alpha value is -2.40. The summed E-state index contributed by atoms with van der Waals surface area (Å²) in [5, 5.41) is 4.89. The Labute approximate surface area is 148 Å². The van der Waals surface area contributed by atoms with E-state index in [1.54, 1.807) is 7.11 Å². The van der Waals surface area contributed by atoms with Gasteiger partial charge in [-0.3, -0.25) is 9.59 Å². The third kappa shape index (κ3) is 3.99. The molecule has 0 aromatic heterocycles. The highest BCUT2D eigenvalue weighted by Gasteiger charge is 2.29. The molecule has 3 rings (SSSR count). The summed E-state index contributed by atoms with van der Waals surface area (Å²) < 4.78 is 4.96. The van der Waals surface area contributed by atoms with Crippen LogP contribution in [0.5, 0.6) is 0 Å². The molecule has 25 heavy (non-hydrogen) atoms. The molecule has 5 heteroatoms. The SMILES string of the molecule is COCCNC(=O)C1CCCN(C(=O)c2cccc3ccccc23)C1. The minimum atomic E-state index is -0.149. The summed E-state index contributed by atoms with van der Waals surface area (Å²) in [5.41, 5.74) is 0.707. The first-order valence-electron chi connectivity index (χ1n) is 8.74. The van der Waals surface area contributed by atoms with Crippen LogP contribution in [0.3, 0.4) is 0 Å². The van der Waals surface area contributed by atoms with Crippen molar-refractivity contribution in [2.45, 2.75) is 12.8 Å². The van der Waals surface area contributed by atoms with Gasteiger partial charge in [0.1, 0.15) is 0 Å². The number of likely N-dealkylation sites (tertiary alicyclic amines) is 1. The standard InChI is InChI=1S/C20H24N2O3/c1-25-13-11-21-19(23)16-8-5-12-22(14-16)20(24)18-10-4-7-15-6-2-3-9-17(15)18/h2-4,6-7,9-10,16H,5,8,11-14H2,1H3,(H,21,23). The number of amides is 2. The molecule has 1 aliphatic rings. The molecule has 0 radical (unpaired) electrons. The number of benzene rings is 2. The molecule has 1 N–H and O–H groups in total. The van der Waals surface area contributed by atoms with Crippen molar-refractivity contribution in [1.82, 2.24) is 10.2 Å². The predicted octanol–water partition coefficient (Wildman–Crippen LogP) is 2.45. The minimum absolute atomic E-state index is 0.00573. The summed E-state index contributed by atoms with van der Waals surface area (Å²) in [6, 6.07) is 13.7. The van der Waals surface area contributed by atoms with Crippen molar-refractivity contribution in [3.63, 3.8) is 0 Å². The van der Waals surface area contributed by atoms with Crippen LogP contribution in [0.4, 0.5) is 0 Å². The van der Waals surface area contributed by atoms with Crippen LogP contribution in [-0.2, 0) is 9.53 Å². The van der Waals surface area contributed by atoms with Gasteiger partial charge in [0.15, 0.2) is 0 Å². The lowest BCUT2D eigenvalue weighted by Crippen LogP contribution is -2.46. The summed E-state index contributed by atoms with van der Waals surface area (Å²) in [7, 11) is 1.61. The average Bonchev–Trinajstić information content (AvgIpc) is 2.67. The van der Waals surface area contributed by atoms with Crippen LogP contribution in [-0.4, -0.2) is 50.1 Å². The Morgan fingerprint density at radius 3 is 2.84 bits per heavy atom. The fourth-order valence-corrected chi connectivity index (χ4v) is 3.38. The van der Waals surface area contributed by atoms with Gasteiger partial charge >= 0.3 is 0 Å². The zero-order chi connectivity index (χ0) is 17.6. The van der Waals surface area contributed by atoms with Crippen molar-refractivity contribution in [2.75, 3.05) is 33.4 Å². The van der Waals surface area contributed by atoms with Crippen molar-refractivity contribution in [3.8, 4) is 0 Å². The predicted molar refractivity (Wildman–Crippen MR) is 97.5 cm³/mol. The second-order valence-electron chi connectivity index (χ2n) is 6.40. The number of carbonyl (C=O) groups excluding carboxylic acids is 2. The maximum absolute atomic E-state index is 13.0. The molecular weight excluding hydrogens is 316 g/mol. The molecule has 1 fully saturated rings. The fraction of sp³-hybridized carbons (Fsp3) is 0.400. The van der Waals surface area contributed by atoms with Crippen molar-refractivity contribution >= 4 is 22.6 Å². The van der Waals surface area contributed by atoms with Gasteiger partial charge in [0.2, 0.25) is 5.91 Å². The maximum Gasteiger partial charge on any atom is 0.254 e. The maximum atomic E-state index is 13.0. The average molecular weight is 340 g/mol. The smallest absolute Gasteiger partial charge is 0.254 e. The number of methoxy groups -OCH3 is 1. The molecule has 0 spiro atoms. The minimum Gasteiger partial charge on any atom is -0.383 e. The van der Waals surface area contributed by atoms with Gasteiger partial charge in [0.25, 0.3) is 5.91 Å². The van der Waals surface area contributed by atoms with E-state index in [4.69, 9.17) is 4.74 Å². The van der Waals surface area contributed by atoms with Gasteiger partial charge in [0, 0.05) is 32.3 Å². The molecule has 0 aliphatic carbocycles. The summed E-state index contributed by atoms with van der Waals surface area (Å²) in [6.45, 7) is 2.17. The van der Waals surface area contributed by atoms with E-state index in [1.165, 1.54) is 0 Å². The largest absolute Gasteiger partial charge is 0.383 e. The molecule has 1 heterocycles. The van der Waals surface area contributed by atoms with Gasteiger partial charge in [-0.15, -0.1) is 0 Å². The van der Waals surface area contributed by atoms with E-state index in [0.717, 1.165) is 23.6 Å². The molecule has 1 aliphatic heterocycles. The van der Waals surface area contributed by atoms with Gasteiger partial charge < -0.3 is 15.0 Å². The highest BCUT2D eigenvalue weighted by atomic mass is 16.5. The molecule has 2 aromatic rings. The van der Waals surface area contributed by atoms with E-state index >= 15 is 0 Å². The van der Waals surface area contributed by atoms with Crippen LogP contribution in [0, 0.1) is 5.92 Å². The molecule has 5 nitrogen and oxygen atoms in total. The quantitative estimate of drug-likeness (QED) is 0.851. The molecule has 1 atom stereocenters. The number of fused-ring (bicyclic) bond motifs is 1. The number of nitrogens with one attached hydrogen (secondary N) is 1. The van der Waals surface area contributed by atoms with Gasteiger partial charge in [-0.2, -0.15) is 0 Å². The van der Waals surface area contributed by atoms with Crippen molar-refractivity contribution in [1.29, 1.82) is 0 Å². The third-order valence-corrected chi connectivity index (χ3v) is 4.70. The van der Waals surface area contributed by atoms with Crippen LogP contribution < -0.4 is 5.32 Å². The van der Waals surface area contributed by atoms with Crippen LogP contribution >= 0.6 is 0 Å². The monoisotopic (exact) mass is 340 g/mol. The number of nitrogens with zero attached hydrogens (tertiary/aromatic N) is 1. The Morgan fingerprint density at radius 2 is 2.00 bits per heavy atom. The van der Waals surface area contributed by atoms with Gasteiger partial charge in [-0.05, 0) is 29.7 Å². The molecule has 2 amide bonds. The molecule has 1 saturated heterocycles. The molecule has 0 saturated carbocycles. The normalized spacial score (nSPS) is 17.5. The number of carbonyl (C=O) groups is 2. The molecule has 132 valence electrons. The van der Waals surface area contributed by atoms with Crippen molar-refractivity contribution in [3.05, 3.63) is 48.0 Å². The van der Waals surface area contributed by atoms with Crippen molar-refractivity contribution < 1.29 is 14.3 Å². The fourth-order valence-electron chi connectivity index (χ4n) is 3.38. The summed E-state index contributed by atoms with van der Waals surface area (Å²) in [6.07, 6.45) is 1.66. The summed E-state index contributed by atoms with van der Waals surface area (Å²) >= 11 is 0. The van der Waals surface area contributed by atoms with E-state index in [-0.39, 0.29) is 17.7 Å². The highest BCUT2D eigenvalue weighted by Crippen LogP contribution is 2.23. The van der Waals surface area contributed by atoms with E-state index in [2.05, 4.69) is 5.32 Å². The van der Waals surface area contributed by atoms with Gasteiger partial charge in [0.05, 0.1) is 12.5 Å². The van der Waals surface area contributed by atoms with Gasteiger partial charge in [-0.1, -0.05) is 36.4 Å². The lowest BCUT2D eigenvalue weighted by molar-refractivity contribution is -0.126. The second-order valence-corrected chi connectivity index (χ2v) is 6.40. The van der Waals surface area contributed by atoms with E-state index < -0.39 is 0 Å². The first kappa shape index (κ1) is 17.4. The molecule has 1 unspecified atom stereocenters. The lowest BCUT2D eigenvalue weighted by atomic mass is 9.95. The Kier molecular flexibility index (Phi) is 5.66. The lowest BCUT2D eigenvalue weighted by Gasteiger charge is -2.32. The Balaban J connectivity index is 1.72.